The second-order valence-corrected chi connectivity index (χ2v) is 8.20. The Kier molecular flexibility index (Phi) is 5.57. The fourth-order valence-electron chi connectivity index (χ4n) is 3.53. The molecule has 2 aromatic heterocycles. The van der Waals surface area contributed by atoms with E-state index in [2.05, 4.69) is 10.1 Å². The van der Waals surface area contributed by atoms with E-state index in [0.29, 0.717) is 12.2 Å². The molecular weight excluding hydrogens is 393 g/mol. The first-order valence-corrected chi connectivity index (χ1v) is 10.5. The van der Waals surface area contributed by atoms with Gasteiger partial charge in [-0.15, -0.1) is 11.3 Å². The largest absolute Gasteiger partial charge is 0.346 e. The Morgan fingerprint density at radius 1 is 1.24 bits per heavy atom. The second kappa shape index (κ2) is 8.28. The molecule has 0 bridgehead atoms. The molecule has 1 amide bonds. The maximum atomic E-state index is 13.4. The van der Waals surface area contributed by atoms with E-state index in [1.54, 1.807) is 16.7 Å². The molecule has 1 aromatic carbocycles. The standard InChI is InChI=1S/C20H22FN5O2S/c1-14-22-16(13-29-14)11-25(17-8-6-15(21)7-9-17)19(27)12-26-20(28)24-10-4-2-3-5-18(24)23-26/h6-9,13H,2-5,10-12H2,1H3. The molecule has 0 saturated heterocycles. The van der Waals surface area contributed by atoms with Gasteiger partial charge < -0.3 is 4.90 Å². The zero-order valence-corrected chi connectivity index (χ0v) is 17.0. The molecule has 0 fully saturated rings. The van der Waals surface area contributed by atoms with E-state index in [-0.39, 0.29) is 30.5 Å². The minimum atomic E-state index is -0.375. The number of benzene rings is 1. The molecule has 0 saturated carbocycles. The Bertz CT molecular complexity index is 1070. The molecule has 4 rings (SSSR count). The SMILES string of the molecule is Cc1nc(CN(C(=O)Cn2nc3n(c2=O)CCCCC3)c2ccc(F)cc2)cs1. The molecule has 3 aromatic rings. The van der Waals surface area contributed by atoms with Crippen LogP contribution in [0.3, 0.4) is 0 Å². The van der Waals surface area contributed by atoms with Crippen molar-refractivity contribution in [3.8, 4) is 0 Å². The van der Waals surface area contributed by atoms with Gasteiger partial charge in [-0.25, -0.2) is 18.9 Å². The van der Waals surface area contributed by atoms with E-state index in [0.717, 1.165) is 42.2 Å². The average molecular weight is 415 g/mol. The quantitative estimate of drug-likeness (QED) is 0.642. The lowest BCUT2D eigenvalue weighted by molar-refractivity contribution is -0.119. The van der Waals surface area contributed by atoms with Gasteiger partial charge in [0.15, 0.2) is 0 Å². The van der Waals surface area contributed by atoms with Gasteiger partial charge in [0, 0.05) is 24.0 Å². The zero-order valence-electron chi connectivity index (χ0n) is 16.2. The first kappa shape index (κ1) is 19.5. The summed E-state index contributed by atoms with van der Waals surface area (Å²) in [5.41, 5.74) is 1.05. The predicted octanol–water partition coefficient (Wildman–Crippen LogP) is 2.91. The van der Waals surface area contributed by atoms with Crippen LogP contribution in [0, 0.1) is 12.7 Å². The van der Waals surface area contributed by atoms with Crippen molar-refractivity contribution < 1.29 is 9.18 Å². The Labute approximate surface area is 171 Å². The third kappa shape index (κ3) is 4.29. The predicted molar refractivity (Wildman–Crippen MR) is 108 cm³/mol. The molecule has 7 nitrogen and oxygen atoms in total. The molecule has 9 heteroatoms. The number of aryl methyl sites for hydroxylation is 2. The fraction of sp³-hybridized carbons (Fsp3) is 0.400. The molecule has 0 spiro atoms. The average Bonchev–Trinajstić information content (AvgIpc) is 3.14. The van der Waals surface area contributed by atoms with Crippen molar-refractivity contribution in [1.29, 1.82) is 0 Å². The van der Waals surface area contributed by atoms with Gasteiger partial charge in [-0.05, 0) is 44.0 Å². The van der Waals surface area contributed by atoms with Gasteiger partial charge >= 0.3 is 5.69 Å². The van der Waals surface area contributed by atoms with Crippen molar-refractivity contribution >= 4 is 22.9 Å². The van der Waals surface area contributed by atoms with Crippen LogP contribution in [0.4, 0.5) is 10.1 Å². The minimum absolute atomic E-state index is 0.167. The van der Waals surface area contributed by atoms with Crippen molar-refractivity contribution in [3.63, 3.8) is 0 Å². The third-order valence-electron chi connectivity index (χ3n) is 4.99. The Balaban J connectivity index is 1.61. The molecule has 3 heterocycles. The number of nitrogens with zero attached hydrogens (tertiary/aromatic N) is 5. The fourth-order valence-corrected chi connectivity index (χ4v) is 4.13. The maximum Gasteiger partial charge on any atom is 0.346 e. The van der Waals surface area contributed by atoms with E-state index in [1.165, 1.54) is 33.1 Å². The van der Waals surface area contributed by atoms with Crippen molar-refractivity contribution in [1.82, 2.24) is 19.3 Å². The van der Waals surface area contributed by atoms with Crippen LogP contribution in [0.2, 0.25) is 0 Å². The molecule has 0 aliphatic carbocycles. The van der Waals surface area contributed by atoms with Crippen LogP contribution in [-0.4, -0.2) is 25.2 Å². The number of fused-ring (bicyclic) bond motifs is 1. The lowest BCUT2D eigenvalue weighted by atomic mass is 10.2. The normalized spacial score (nSPS) is 13.7. The summed E-state index contributed by atoms with van der Waals surface area (Å²) in [5, 5.41) is 7.19. The highest BCUT2D eigenvalue weighted by Gasteiger charge is 2.22. The van der Waals surface area contributed by atoms with Crippen LogP contribution in [0.15, 0.2) is 34.4 Å². The van der Waals surface area contributed by atoms with Crippen molar-refractivity contribution in [2.24, 2.45) is 0 Å². The molecule has 0 atom stereocenters. The molecule has 0 radical (unpaired) electrons. The van der Waals surface area contributed by atoms with Gasteiger partial charge in [-0.1, -0.05) is 6.42 Å². The molecule has 152 valence electrons. The first-order valence-electron chi connectivity index (χ1n) is 9.65. The number of amides is 1. The van der Waals surface area contributed by atoms with Crippen LogP contribution in [0.5, 0.6) is 0 Å². The van der Waals surface area contributed by atoms with E-state index >= 15 is 0 Å². The summed E-state index contributed by atoms with van der Waals surface area (Å²) in [4.78, 5) is 31.8. The highest BCUT2D eigenvalue weighted by Crippen LogP contribution is 2.20. The number of halogens is 1. The highest BCUT2D eigenvalue weighted by molar-refractivity contribution is 7.09. The topological polar surface area (TPSA) is 73.0 Å². The van der Waals surface area contributed by atoms with Gasteiger partial charge in [0.1, 0.15) is 18.2 Å². The van der Waals surface area contributed by atoms with E-state index < -0.39 is 0 Å². The van der Waals surface area contributed by atoms with Crippen LogP contribution < -0.4 is 10.6 Å². The van der Waals surface area contributed by atoms with Gasteiger partial charge in [0.2, 0.25) is 5.91 Å². The van der Waals surface area contributed by atoms with Crippen LogP contribution in [0.25, 0.3) is 0 Å². The minimum Gasteiger partial charge on any atom is -0.305 e. The number of anilines is 1. The highest BCUT2D eigenvalue weighted by atomic mass is 32.1. The monoisotopic (exact) mass is 415 g/mol. The van der Waals surface area contributed by atoms with E-state index in [4.69, 9.17) is 0 Å². The number of carbonyl (C=O) groups is 1. The summed E-state index contributed by atoms with van der Waals surface area (Å²) in [7, 11) is 0. The van der Waals surface area contributed by atoms with E-state index in [9.17, 15) is 14.0 Å². The van der Waals surface area contributed by atoms with Gasteiger partial charge in [0.05, 0.1) is 17.2 Å². The molecule has 29 heavy (non-hydrogen) atoms. The Morgan fingerprint density at radius 2 is 2.03 bits per heavy atom. The van der Waals surface area contributed by atoms with Gasteiger partial charge in [-0.2, -0.15) is 5.10 Å². The lowest BCUT2D eigenvalue weighted by Crippen LogP contribution is -2.37. The van der Waals surface area contributed by atoms with Crippen LogP contribution in [0.1, 0.15) is 35.8 Å². The molecule has 0 unspecified atom stereocenters. The number of hydrogen-bond acceptors (Lipinski definition) is 5. The summed E-state index contributed by atoms with van der Waals surface area (Å²) in [6, 6.07) is 5.73. The number of carbonyl (C=O) groups excluding carboxylic acids is 1. The van der Waals surface area contributed by atoms with Crippen molar-refractivity contribution in [3.05, 3.63) is 62.5 Å². The molecule has 0 N–H and O–H groups in total. The number of aromatic nitrogens is 4. The van der Waals surface area contributed by atoms with Crippen LogP contribution in [-0.2, 0) is 30.8 Å². The van der Waals surface area contributed by atoms with Gasteiger partial charge in [0.25, 0.3) is 0 Å². The Hall–Kier alpha value is -2.81. The summed E-state index contributed by atoms with van der Waals surface area (Å²) < 4.78 is 16.3. The summed E-state index contributed by atoms with van der Waals surface area (Å²) in [5.74, 6) is 0.0705. The second-order valence-electron chi connectivity index (χ2n) is 7.13. The number of hydrogen-bond donors (Lipinski definition) is 0. The van der Waals surface area contributed by atoms with Crippen molar-refractivity contribution in [2.75, 3.05) is 4.90 Å². The smallest absolute Gasteiger partial charge is 0.305 e. The number of thiazole rings is 1. The number of rotatable bonds is 5. The molecule has 1 aliphatic heterocycles. The maximum absolute atomic E-state index is 13.4. The van der Waals surface area contributed by atoms with Crippen molar-refractivity contribution in [2.45, 2.75) is 52.2 Å². The van der Waals surface area contributed by atoms with Gasteiger partial charge in [-0.3, -0.25) is 9.36 Å². The Morgan fingerprint density at radius 3 is 2.76 bits per heavy atom. The first-order chi connectivity index (χ1) is 14.0. The summed E-state index contributed by atoms with van der Waals surface area (Å²) >= 11 is 1.50. The lowest BCUT2D eigenvalue weighted by Gasteiger charge is -2.22. The van der Waals surface area contributed by atoms with Crippen LogP contribution >= 0.6 is 11.3 Å². The summed E-state index contributed by atoms with van der Waals surface area (Å²) in [6.45, 7) is 2.62. The zero-order chi connectivity index (χ0) is 20.4. The third-order valence-corrected chi connectivity index (χ3v) is 5.81. The molecule has 1 aliphatic rings. The van der Waals surface area contributed by atoms with E-state index in [1.807, 2.05) is 12.3 Å². The summed E-state index contributed by atoms with van der Waals surface area (Å²) in [6.07, 6.45) is 3.76. The molecular formula is C20H22FN5O2S.